The zero-order chi connectivity index (χ0) is 21.3. The molecule has 4 rings (SSSR count). The second-order valence-electron chi connectivity index (χ2n) is 7.08. The molecule has 30 heavy (non-hydrogen) atoms. The van der Waals surface area contributed by atoms with Gasteiger partial charge in [0, 0.05) is 13.5 Å². The molecule has 1 fully saturated rings. The second-order valence-corrected chi connectivity index (χ2v) is 7.08. The minimum Gasteiger partial charge on any atom is -0.321 e. The van der Waals surface area contributed by atoms with Crippen molar-refractivity contribution in [3.05, 3.63) is 71.2 Å². The number of nitrogens with zero attached hydrogens (tertiary/aromatic N) is 4. The molecule has 10 heteroatoms. The number of amidine groups is 1. The zero-order valence-electron chi connectivity index (χ0n) is 16.3. The number of hydrogen-bond donors (Lipinski definition) is 4. The Morgan fingerprint density at radius 3 is 2.87 bits per heavy atom. The van der Waals surface area contributed by atoms with Gasteiger partial charge in [0.25, 0.3) is 5.91 Å². The molecule has 1 aliphatic carbocycles. The van der Waals surface area contributed by atoms with Crippen LogP contribution < -0.4 is 22.4 Å². The van der Waals surface area contributed by atoms with Crippen LogP contribution in [0.25, 0.3) is 5.69 Å². The first-order valence-corrected chi connectivity index (χ1v) is 9.38. The van der Waals surface area contributed by atoms with E-state index in [4.69, 9.17) is 11.7 Å². The summed E-state index contributed by atoms with van der Waals surface area (Å²) >= 11 is 0. The molecule has 0 bridgehead atoms. The van der Waals surface area contributed by atoms with Crippen LogP contribution in [-0.4, -0.2) is 26.3 Å². The number of aromatic nitrogens is 3. The highest BCUT2D eigenvalue weighted by molar-refractivity contribution is 6.05. The number of rotatable bonds is 5. The van der Waals surface area contributed by atoms with Crippen molar-refractivity contribution < 1.29 is 10.6 Å². The lowest BCUT2D eigenvalue weighted by Gasteiger charge is -2.12. The minimum atomic E-state index is -0.632. The summed E-state index contributed by atoms with van der Waals surface area (Å²) in [7, 11) is 0. The van der Waals surface area contributed by atoms with Crippen molar-refractivity contribution in [2.24, 2.45) is 16.8 Å². The van der Waals surface area contributed by atoms with Gasteiger partial charge in [-0.05, 0) is 49.6 Å². The summed E-state index contributed by atoms with van der Waals surface area (Å²) in [5.41, 5.74) is 4.94. The first-order valence-electron chi connectivity index (χ1n) is 9.38. The number of amides is 1. The Hall–Kier alpha value is -3.79. The van der Waals surface area contributed by atoms with Gasteiger partial charge in [-0.2, -0.15) is 5.10 Å². The Balaban J connectivity index is 0.00000272. The van der Waals surface area contributed by atoms with Crippen molar-refractivity contribution in [3.63, 3.8) is 0 Å². The number of carbonyl (C=O) groups excluding carboxylic acids is 1. The van der Waals surface area contributed by atoms with E-state index in [9.17, 15) is 9.18 Å². The highest BCUT2D eigenvalue weighted by atomic mass is 19.1. The summed E-state index contributed by atoms with van der Waals surface area (Å²) in [6.45, 7) is 1.79. The van der Waals surface area contributed by atoms with Crippen LogP contribution in [-0.2, 0) is 0 Å². The van der Waals surface area contributed by atoms with Crippen LogP contribution in [0.1, 0.15) is 47.5 Å². The molecule has 0 unspecified atom stereocenters. The predicted octanol–water partition coefficient (Wildman–Crippen LogP) is 2.17. The normalized spacial score (nSPS) is 13.9. The van der Waals surface area contributed by atoms with Crippen LogP contribution in [0.3, 0.4) is 0 Å². The topological polar surface area (TPSA) is 136 Å². The Morgan fingerprint density at radius 1 is 1.37 bits per heavy atom. The molecule has 156 valence electrons. The maximum absolute atomic E-state index is 14.6. The second kappa shape index (κ2) is 7.91. The molecule has 1 aromatic carbocycles. The van der Waals surface area contributed by atoms with E-state index < -0.39 is 11.7 Å². The van der Waals surface area contributed by atoms with Gasteiger partial charge in [0.1, 0.15) is 17.3 Å². The van der Waals surface area contributed by atoms with Crippen molar-refractivity contribution >= 4 is 17.6 Å². The molecule has 2 heterocycles. The monoisotopic (exact) mass is 410 g/mol. The smallest absolute Gasteiger partial charge is 0.259 e. The SMILES string of the molecule is Cc1cc(F)c(C(=O)Nc2cccc(/C(=N/N)NN)n2)cc1-n1cnc(C2CC2)c1.[HH]. The number of hydrazone groups is 1. The molecule has 9 nitrogen and oxygen atoms in total. The number of nitrogens with two attached hydrogens (primary N) is 2. The Morgan fingerprint density at radius 2 is 2.17 bits per heavy atom. The van der Waals surface area contributed by atoms with Crippen molar-refractivity contribution in [1.82, 2.24) is 20.0 Å². The van der Waals surface area contributed by atoms with Gasteiger partial charge in [0.05, 0.1) is 23.3 Å². The molecule has 1 aliphatic rings. The number of benzene rings is 1. The molecule has 2 aromatic heterocycles. The van der Waals surface area contributed by atoms with Crippen LogP contribution in [0.15, 0.2) is 48.0 Å². The largest absolute Gasteiger partial charge is 0.321 e. The minimum absolute atomic E-state index is 0. The van der Waals surface area contributed by atoms with Gasteiger partial charge in [0.15, 0.2) is 5.84 Å². The summed E-state index contributed by atoms with van der Waals surface area (Å²) < 4.78 is 16.4. The number of nitrogens with one attached hydrogen (secondary N) is 2. The summed E-state index contributed by atoms with van der Waals surface area (Å²) in [6.07, 6.45) is 5.89. The van der Waals surface area contributed by atoms with Gasteiger partial charge in [-0.25, -0.2) is 20.2 Å². The number of anilines is 1. The van der Waals surface area contributed by atoms with E-state index in [0.29, 0.717) is 22.9 Å². The highest BCUT2D eigenvalue weighted by Gasteiger charge is 2.26. The van der Waals surface area contributed by atoms with Gasteiger partial charge in [-0.3, -0.25) is 4.79 Å². The van der Waals surface area contributed by atoms with E-state index >= 15 is 0 Å². The number of hydrazine groups is 1. The van der Waals surface area contributed by atoms with Crippen LogP contribution in [0.5, 0.6) is 0 Å². The number of halogens is 1. The summed E-state index contributed by atoms with van der Waals surface area (Å²) in [5.74, 6) is 10.2. The van der Waals surface area contributed by atoms with Crippen molar-refractivity contribution in [1.29, 1.82) is 0 Å². The average Bonchev–Trinajstić information content (AvgIpc) is 3.47. The quantitative estimate of drug-likeness (QED) is 0.220. The molecule has 0 atom stereocenters. The Kier molecular flexibility index (Phi) is 5.15. The van der Waals surface area contributed by atoms with Crippen LogP contribution >= 0.6 is 0 Å². The Bertz CT molecular complexity index is 1140. The highest BCUT2D eigenvalue weighted by Crippen LogP contribution is 2.39. The molecule has 0 aliphatic heterocycles. The van der Waals surface area contributed by atoms with E-state index in [1.165, 1.54) is 12.1 Å². The maximum atomic E-state index is 14.6. The van der Waals surface area contributed by atoms with Crippen LogP contribution in [0.4, 0.5) is 10.2 Å². The van der Waals surface area contributed by atoms with Crippen molar-refractivity contribution in [2.45, 2.75) is 25.7 Å². The van der Waals surface area contributed by atoms with Crippen LogP contribution in [0, 0.1) is 12.7 Å². The average molecular weight is 410 g/mol. The summed E-state index contributed by atoms with van der Waals surface area (Å²) in [6, 6.07) is 7.67. The summed E-state index contributed by atoms with van der Waals surface area (Å²) in [4.78, 5) is 21.4. The molecule has 0 spiro atoms. The predicted molar refractivity (Wildman–Crippen MR) is 113 cm³/mol. The third kappa shape index (κ3) is 3.85. The number of carbonyl (C=O) groups is 1. The maximum Gasteiger partial charge on any atom is 0.259 e. The van der Waals surface area contributed by atoms with E-state index in [2.05, 4.69) is 25.8 Å². The van der Waals surface area contributed by atoms with Crippen molar-refractivity contribution in [2.75, 3.05) is 5.32 Å². The number of imidazole rings is 1. The molecular weight excluding hydrogens is 387 g/mol. The fourth-order valence-corrected chi connectivity index (χ4v) is 3.17. The summed E-state index contributed by atoms with van der Waals surface area (Å²) in [5, 5.41) is 6.07. The molecule has 1 saturated carbocycles. The van der Waals surface area contributed by atoms with Crippen LogP contribution in [0.2, 0.25) is 0 Å². The lowest BCUT2D eigenvalue weighted by atomic mass is 10.1. The fourth-order valence-electron chi connectivity index (χ4n) is 3.17. The number of hydrogen-bond acceptors (Lipinski definition) is 6. The fraction of sp³-hybridized carbons (Fsp3) is 0.200. The Labute approximate surface area is 173 Å². The number of aryl methyl sites for hydroxylation is 1. The lowest BCUT2D eigenvalue weighted by molar-refractivity contribution is 0.102. The lowest BCUT2D eigenvalue weighted by Crippen LogP contribution is -2.33. The molecule has 1 amide bonds. The molecule has 0 radical (unpaired) electrons. The third-order valence-electron chi connectivity index (χ3n) is 4.91. The van der Waals surface area contributed by atoms with E-state index in [-0.39, 0.29) is 18.6 Å². The first kappa shape index (κ1) is 19.5. The van der Waals surface area contributed by atoms with Gasteiger partial charge in [-0.1, -0.05) is 6.07 Å². The van der Waals surface area contributed by atoms with Gasteiger partial charge in [-0.15, -0.1) is 0 Å². The standard InChI is InChI=1S/C20H21FN8O.H2/c1-11-7-14(21)13(8-17(11)29-9-16(24-10-29)12-5-6-12)20(30)26-18-4-2-3-15(25-18)19(27-22)28-23;/h2-4,7-10,12H,5-6,22-23H2,1H3,(H,27,28)(H,25,26,30);1H. The van der Waals surface area contributed by atoms with Gasteiger partial charge in [0.2, 0.25) is 0 Å². The molecular formula is C20H23FN8O. The van der Waals surface area contributed by atoms with Crippen molar-refractivity contribution in [3.8, 4) is 5.69 Å². The van der Waals surface area contributed by atoms with E-state index in [1.807, 2.05) is 10.8 Å². The van der Waals surface area contributed by atoms with E-state index in [0.717, 1.165) is 18.5 Å². The molecule has 6 N–H and O–H groups in total. The molecule has 3 aromatic rings. The van der Waals surface area contributed by atoms with E-state index in [1.54, 1.807) is 31.5 Å². The van der Waals surface area contributed by atoms with Gasteiger partial charge < -0.3 is 21.2 Å². The van der Waals surface area contributed by atoms with Gasteiger partial charge >= 0.3 is 0 Å². The first-order chi connectivity index (χ1) is 14.5. The number of pyridine rings is 1. The molecule has 0 saturated heterocycles. The zero-order valence-corrected chi connectivity index (χ0v) is 16.3. The third-order valence-corrected chi connectivity index (χ3v) is 4.91.